The molecule has 2 aliphatic rings. The highest BCUT2D eigenvalue weighted by Crippen LogP contribution is 2.48. The first-order valence-corrected chi connectivity index (χ1v) is 11.9. The lowest BCUT2D eigenvalue weighted by Gasteiger charge is -2.19. The molecule has 0 radical (unpaired) electrons. The number of rotatable bonds is 11. The maximum Gasteiger partial charge on any atom is 0.0761 e. The van der Waals surface area contributed by atoms with E-state index in [1.54, 1.807) is 5.57 Å². The predicted molar refractivity (Wildman–Crippen MR) is 125 cm³/mol. The van der Waals surface area contributed by atoms with Gasteiger partial charge in [-0.1, -0.05) is 66.5 Å². The minimum atomic E-state index is -0.492. The van der Waals surface area contributed by atoms with E-state index in [0.717, 1.165) is 18.4 Å². The predicted octanol–water partition coefficient (Wildman–Crippen LogP) is 4.91. The molecule has 3 nitrogen and oxygen atoms in total. The van der Waals surface area contributed by atoms with E-state index in [2.05, 4.69) is 56.3 Å². The lowest BCUT2D eigenvalue weighted by atomic mass is 9.88. The third-order valence-corrected chi connectivity index (χ3v) is 6.89. The van der Waals surface area contributed by atoms with Gasteiger partial charge in [0.05, 0.1) is 12.2 Å². The standard InChI is InChI=1S/C27H41NO2/c1-20-9-8-11-21(15-20)17-24(29)12-13-25-26-18-22(16-23(26)19-27(25)30)10-6-4-5-7-14-28(2)3/h8-9,11-13,15-16,23-27,29-30H,4-7,10,14,17-19H2,1-3H3/t23-,24+,25+,26-,27+/m0/s1. The van der Waals surface area contributed by atoms with Crippen LogP contribution in [0.2, 0.25) is 0 Å². The van der Waals surface area contributed by atoms with Gasteiger partial charge in [0.1, 0.15) is 0 Å². The van der Waals surface area contributed by atoms with Crippen molar-refractivity contribution < 1.29 is 10.2 Å². The highest BCUT2D eigenvalue weighted by molar-refractivity contribution is 5.24. The van der Waals surface area contributed by atoms with Gasteiger partial charge in [-0.25, -0.2) is 0 Å². The normalized spacial score (nSPS) is 27.1. The van der Waals surface area contributed by atoms with Crippen molar-refractivity contribution in [1.29, 1.82) is 0 Å². The fourth-order valence-electron chi connectivity index (χ4n) is 5.33. The van der Waals surface area contributed by atoms with Gasteiger partial charge in [0, 0.05) is 12.3 Å². The van der Waals surface area contributed by atoms with Crippen molar-refractivity contribution in [2.45, 2.75) is 70.5 Å². The average molecular weight is 412 g/mol. The Morgan fingerprint density at radius 3 is 2.73 bits per heavy atom. The number of nitrogens with zero attached hydrogens (tertiary/aromatic N) is 1. The zero-order chi connectivity index (χ0) is 21.5. The highest BCUT2D eigenvalue weighted by atomic mass is 16.3. The van der Waals surface area contributed by atoms with Crippen LogP contribution in [-0.2, 0) is 6.42 Å². The molecule has 1 aromatic carbocycles. The molecule has 1 saturated carbocycles. The van der Waals surface area contributed by atoms with Crippen molar-refractivity contribution in [1.82, 2.24) is 4.90 Å². The number of aliphatic hydroxyl groups excluding tert-OH is 2. The summed E-state index contributed by atoms with van der Waals surface area (Å²) in [5, 5.41) is 21.0. The molecular weight excluding hydrogens is 370 g/mol. The first kappa shape index (κ1) is 23.2. The number of hydrogen-bond donors (Lipinski definition) is 2. The van der Waals surface area contributed by atoms with E-state index in [4.69, 9.17) is 0 Å². The molecule has 166 valence electrons. The van der Waals surface area contributed by atoms with Crippen LogP contribution in [0.5, 0.6) is 0 Å². The Morgan fingerprint density at radius 1 is 1.17 bits per heavy atom. The monoisotopic (exact) mass is 411 g/mol. The Balaban J connectivity index is 1.44. The second kappa shape index (κ2) is 11.3. The van der Waals surface area contributed by atoms with Gasteiger partial charge in [0.25, 0.3) is 0 Å². The maximum atomic E-state index is 10.6. The fourth-order valence-corrected chi connectivity index (χ4v) is 5.33. The second-order valence-corrected chi connectivity index (χ2v) is 9.85. The summed E-state index contributed by atoms with van der Waals surface area (Å²) >= 11 is 0. The third-order valence-electron chi connectivity index (χ3n) is 6.89. The number of benzene rings is 1. The SMILES string of the molecule is Cc1cccc(C[C@H](O)C=C[C@@H]2[C@H]3CC(CCCCCCN(C)C)=C[C@H]3C[C@H]2O)c1. The van der Waals surface area contributed by atoms with Crippen molar-refractivity contribution in [2.24, 2.45) is 17.8 Å². The van der Waals surface area contributed by atoms with Gasteiger partial charge < -0.3 is 15.1 Å². The number of aliphatic hydroxyl groups is 2. The molecule has 0 heterocycles. The Morgan fingerprint density at radius 2 is 1.97 bits per heavy atom. The molecule has 3 heteroatoms. The van der Waals surface area contributed by atoms with Crippen molar-refractivity contribution in [3.05, 3.63) is 59.2 Å². The van der Waals surface area contributed by atoms with Crippen LogP contribution in [0.4, 0.5) is 0 Å². The number of aryl methyl sites for hydroxylation is 1. The molecule has 3 rings (SSSR count). The minimum Gasteiger partial charge on any atom is -0.392 e. The molecule has 0 aromatic heterocycles. The molecule has 1 aromatic rings. The van der Waals surface area contributed by atoms with Gasteiger partial charge in [-0.3, -0.25) is 0 Å². The Kier molecular flexibility index (Phi) is 8.73. The molecule has 5 atom stereocenters. The highest BCUT2D eigenvalue weighted by Gasteiger charge is 2.43. The first-order valence-electron chi connectivity index (χ1n) is 11.9. The molecule has 2 N–H and O–H groups in total. The van der Waals surface area contributed by atoms with E-state index < -0.39 is 6.10 Å². The van der Waals surface area contributed by atoms with Crippen LogP contribution in [0.1, 0.15) is 56.1 Å². The molecule has 0 saturated heterocycles. The quantitative estimate of drug-likeness (QED) is 0.402. The van der Waals surface area contributed by atoms with Crippen molar-refractivity contribution in [3.63, 3.8) is 0 Å². The smallest absolute Gasteiger partial charge is 0.0761 e. The molecule has 0 spiro atoms. The lowest BCUT2D eigenvalue weighted by Crippen LogP contribution is -2.18. The molecule has 0 amide bonds. The molecular formula is C27H41NO2. The summed E-state index contributed by atoms with van der Waals surface area (Å²) in [7, 11) is 4.28. The number of hydrogen-bond acceptors (Lipinski definition) is 3. The average Bonchev–Trinajstić information content (AvgIpc) is 3.19. The van der Waals surface area contributed by atoms with Crippen molar-refractivity contribution >= 4 is 0 Å². The van der Waals surface area contributed by atoms with Crippen LogP contribution in [0.15, 0.2) is 48.1 Å². The van der Waals surface area contributed by atoms with E-state index in [-0.39, 0.29) is 12.0 Å². The van der Waals surface area contributed by atoms with Crippen LogP contribution in [0.3, 0.4) is 0 Å². The second-order valence-electron chi connectivity index (χ2n) is 9.85. The van der Waals surface area contributed by atoms with Crippen molar-refractivity contribution in [3.8, 4) is 0 Å². The maximum absolute atomic E-state index is 10.6. The number of fused-ring (bicyclic) bond motifs is 1. The van der Waals surface area contributed by atoms with Gasteiger partial charge in [0.15, 0.2) is 0 Å². The zero-order valence-electron chi connectivity index (χ0n) is 19.1. The van der Waals surface area contributed by atoms with E-state index in [0.29, 0.717) is 18.3 Å². The molecule has 0 bridgehead atoms. The Labute approximate surface area is 183 Å². The van der Waals surface area contributed by atoms with Gasteiger partial charge in [-0.05, 0) is 77.1 Å². The van der Waals surface area contributed by atoms with Crippen LogP contribution in [0, 0.1) is 24.7 Å². The zero-order valence-corrected chi connectivity index (χ0v) is 19.1. The van der Waals surface area contributed by atoms with E-state index in [1.807, 2.05) is 12.1 Å². The van der Waals surface area contributed by atoms with E-state index >= 15 is 0 Å². The molecule has 1 fully saturated rings. The summed E-state index contributed by atoms with van der Waals surface area (Å²) in [4.78, 5) is 2.26. The van der Waals surface area contributed by atoms with E-state index in [1.165, 1.54) is 44.2 Å². The van der Waals surface area contributed by atoms with Gasteiger partial charge in [-0.2, -0.15) is 0 Å². The van der Waals surface area contributed by atoms with Crippen LogP contribution < -0.4 is 0 Å². The Hall–Kier alpha value is -1.42. The van der Waals surface area contributed by atoms with Crippen LogP contribution in [0.25, 0.3) is 0 Å². The number of unbranched alkanes of at least 4 members (excludes halogenated alkanes) is 3. The topological polar surface area (TPSA) is 43.7 Å². The summed E-state index contributed by atoms with van der Waals surface area (Å²) in [6, 6.07) is 8.32. The van der Waals surface area contributed by atoms with Gasteiger partial charge >= 0.3 is 0 Å². The van der Waals surface area contributed by atoms with Gasteiger partial charge in [-0.15, -0.1) is 0 Å². The summed E-state index contributed by atoms with van der Waals surface area (Å²) < 4.78 is 0. The number of allylic oxidation sites excluding steroid dienone is 2. The van der Waals surface area contributed by atoms with E-state index in [9.17, 15) is 10.2 Å². The largest absolute Gasteiger partial charge is 0.392 e. The van der Waals surface area contributed by atoms with Crippen LogP contribution in [-0.4, -0.2) is 48.0 Å². The Bertz CT molecular complexity index is 723. The first-order chi connectivity index (χ1) is 14.4. The summed E-state index contributed by atoms with van der Waals surface area (Å²) in [6.07, 6.45) is 14.8. The lowest BCUT2D eigenvalue weighted by molar-refractivity contribution is 0.140. The third kappa shape index (κ3) is 6.80. The van der Waals surface area contributed by atoms with Crippen LogP contribution >= 0.6 is 0 Å². The minimum absolute atomic E-state index is 0.177. The molecule has 0 unspecified atom stereocenters. The molecule has 2 aliphatic carbocycles. The molecule has 30 heavy (non-hydrogen) atoms. The fraction of sp³-hybridized carbons (Fsp3) is 0.630. The van der Waals surface area contributed by atoms with Gasteiger partial charge in [0.2, 0.25) is 0 Å². The summed E-state index contributed by atoms with van der Waals surface area (Å²) in [6.45, 7) is 3.27. The van der Waals surface area contributed by atoms with Crippen molar-refractivity contribution in [2.75, 3.05) is 20.6 Å². The summed E-state index contributed by atoms with van der Waals surface area (Å²) in [5.41, 5.74) is 3.98. The summed E-state index contributed by atoms with van der Waals surface area (Å²) in [5.74, 6) is 1.22. The molecule has 0 aliphatic heterocycles.